The third-order valence-electron chi connectivity index (χ3n) is 3.15. The first-order chi connectivity index (χ1) is 9.75. The van der Waals surface area contributed by atoms with Gasteiger partial charge in [-0.15, -0.1) is 0 Å². The van der Waals surface area contributed by atoms with E-state index in [1.54, 1.807) is 30.6 Å². The predicted octanol–water partition coefficient (Wildman–Crippen LogP) is 2.69. The summed E-state index contributed by atoms with van der Waals surface area (Å²) in [5.74, 6) is 0. The van der Waals surface area contributed by atoms with Crippen LogP contribution in [0, 0.1) is 0 Å². The Balaban J connectivity index is 1.93. The van der Waals surface area contributed by atoms with Gasteiger partial charge in [0, 0.05) is 23.7 Å². The minimum absolute atomic E-state index is 0.124. The van der Waals surface area contributed by atoms with E-state index in [0.717, 1.165) is 5.69 Å². The van der Waals surface area contributed by atoms with Crippen LogP contribution in [0.25, 0.3) is 10.8 Å². The fraction of sp³-hybridized carbons (Fsp3) is 0.133. The molecule has 5 heteroatoms. The second kappa shape index (κ2) is 5.43. The van der Waals surface area contributed by atoms with Crippen molar-refractivity contribution in [1.82, 2.24) is 14.8 Å². The van der Waals surface area contributed by atoms with Crippen molar-refractivity contribution in [2.24, 2.45) is 0 Å². The number of aromatic nitrogens is 3. The molecule has 0 saturated heterocycles. The SMILES string of the molecule is O=c1c2cccc(Cl)c2cnn1CCc1ccccn1. The molecule has 0 spiro atoms. The van der Waals surface area contributed by atoms with Crippen molar-refractivity contribution in [3.8, 4) is 0 Å². The van der Waals surface area contributed by atoms with Gasteiger partial charge >= 0.3 is 0 Å². The van der Waals surface area contributed by atoms with Crippen molar-refractivity contribution in [3.05, 3.63) is 69.9 Å². The molecule has 2 aromatic heterocycles. The van der Waals surface area contributed by atoms with Gasteiger partial charge in [0.15, 0.2) is 0 Å². The van der Waals surface area contributed by atoms with Crippen LogP contribution in [0.2, 0.25) is 5.02 Å². The molecule has 3 aromatic rings. The second-order valence-corrected chi connectivity index (χ2v) is 4.85. The Bertz CT molecular complexity index is 799. The average molecular weight is 286 g/mol. The summed E-state index contributed by atoms with van der Waals surface area (Å²) >= 11 is 6.06. The summed E-state index contributed by atoms with van der Waals surface area (Å²) in [5, 5.41) is 6.00. The van der Waals surface area contributed by atoms with Gasteiger partial charge in [0.05, 0.1) is 23.2 Å². The summed E-state index contributed by atoms with van der Waals surface area (Å²) in [6, 6.07) is 11.0. The van der Waals surface area contributed by atoms with Crippen LogP contribution in [-0.4, -0.2) is 14.8 Å². The van der Waals surface area contributed by atoms with Crippen LogP contribution in [0.1, 0.15) is 5.69 Å². The largest absolute Gasteiger partial charge is 0.274 e. The molecular weight excluding hydrogens is 274 g/mol. The number of rotatable bonds is 3. The van der Waals surface area contributed by atoms with Crippen LogP contribution in [0.15, 0.2) is 53.6 Å². The third-order valence-corrected chi connectivity index (χ3v) is 3.48. The summed E-state index contributed by atoms with van der Waals surface area (Å²) in [4.78, 5) is 16.6. The molecule has 3 rings (SSSR count). The minimum atomic E-state index is -0.124. The second-order valence-electron chi connectivity index (χ2n) is 4.45. The molecule has 0 amide bonds. The van der Waals surface area contributed by atoms with Gasteiger partial charge in [-0.25, -0.2) is 4.68 Å². The lowest BCUT2D eigenvalue weighted by Gasteiger charge is -2.06. The number of halogens is 1. The normalized spacial score (nSPS) is 10.8. The topological polar surface area (TPSA) is 47.8 Å². The predicted molar refractivity (Wildman–Crippen MR) is 79.0 cm³/mol. The maximum atomic E-state index is 12.3. The van der Waals surface area contributed by atoms with Gasteiger partial charge in [-0.3, -0.25) is 9.78 Å². The Labute approximate surface area is 120 Å². The highest BCUT2D eigenvalue weighted by atomic mass is 35.5. The van der Waals surface area contributed by atoms with Crippen LogP contribution >= 0.6 is 11.6 Å². The van der Waals surface area contributed by atoms with E-state index in [0.29, 0.717) is 28.8 Å². The maximum Gasteiger partial charge on any atom is 0.274 e. The van der Waals surface area contributed by atoms with Crippen LogP contribution < -0.4 is 5.56 Å². The van der Waals surface area contributed by atoms with E-state index in [2.05, 4.69) is 10.1 Å². The van der Waals surface area contributed by atoms with Gasteiger partial charge in [0.1, 0.15) is 0 Å². The molecule has 4 nitrogen and oxygen atoms in total. The third kappa shape index (κ3) is 2.42. The highest BCUT2D eigenvalue weighted by Gasteiger charge is 2.06. The zero-order valence-electron chi connectivity index (χ0n) is 10.7. The Hall–Kier alpha value is -2.20. The van der Waals surface area contributed by atoms with E-state index < -0.39 is 0 Å². The lowest BCUT2D eigenvalue weighted by molar-refractivity contribution is 0.579. The molecule has 0 unspecified atom stereocenters. The van der Waals surface area contributed by atoms with E-state index in [1.807, 2.05) is 18.2 Å². The van der Waals surface area contributed by atoms with Gasteiger partial charge in [0.25, 0.3) is 5.56 Å². The zero-order chi connectivity index (χ0) is 13.9. The highest BCUT2D eigenvalue weighted by molar-refractivity contribution is 6.35. The number of hydrogen-bond acceptors (Lipinski definition) is 3. The summed E-state index contributed by atoms with van der Waals surface area (Å²) in [6.07, 6.45) is 4.04. The Kier molecular flexibility index (Phi) is 3.48. The Morgan fingerprint density at radius 3 is 2.80 bits per heavy atom. The first-order valence-electron chi connectivity index (χ1n) is 6.30. The summed E-state index contributed by atoms with van der Waals surface area (Å²) in [7, 11) is 0. The molecule has 0 aliphatic heterocycles. The molecule has 100 valence electrons. The van der Waals surface area contributed by atoms with Crippen molar-refractivity contribution < 1.29 is 0 Å². The van der Waals surface area contributed by atoms with E-state index in [9.17, 15) is 4.79 Å². The van der Waals surface area contributed by atoms with Gasteiger partial charge < -0.3 is 0 Å². The van der Waals surface area contributed by atoms with E-state index in [1.165, 1.54) is 4.68 Å². The van der Waals surface area contributed by atoms with Crippen molar-refractivity contribution >= 4 is 22.4 Å². The van der Waals surface area contributed by atoms with Gasteiger partial charge in [0.2, 0.25) is 0 Å². The van der Waals surface area contributed by atoms with Crippen LogP contribution in [0.3, 0.4) is 0 Å². The summed E-state index contributed by atoms with van der Waals surface area (Å²) in [5.41, 5.74) is 0.813. The van der Waals surface area contributed by atoms with Crippen molar-refractivity contribution in [3.63, 3.8) is 0 Å². The maximum absolute atomic E-state index is 12.3. The number of aryl methyl sites for hydroxylation is 2. The highest BCUT2D eigenvalue weighted by Crippen LogP contribution is 2.19. The number of fused-ring (bicyclic) bond motifs is 1. The Morgan fingerprint density at radius 1 is 1.10 bits per heavy atom. The van der Waals surface area contributed by atoms with Crippen LogP contribution in [0.5, 0.6) is 0 Å². The fourth-order valence-electron chi connectivity index (χ4n) is 2.10. The number of hydrogen-bond donors (Lipinski definition) is 0. The van der Waals surface area contributed by atoms with Crippen molar-refractivity contribution in [1.29, 1.82) is 0 Å². The van der Waals surface area contributed by atoms with Crippen molar-refractivity contribution in [2.75, 3.05) is 0 Å². The van der Waals surface area contributed by atoms with E-state index >= 15 is 0 Å². The first-order valence-corrected chi connectivity index (χ1v) is 6.68. The van der Waals surface area contributed by atoms with E-state index in [4.69, 9.17) is 11.6 Å². The number of nitrogens with zero attached hydrogens (tertiary/aromatic N) is 3. The number of benzene rings is 1. The molecule has 0 bridgehead atoms. The number of pyridine rings is 1. The van der Waals surface area contributed by atoms with Crippen molar-refractivity contribution in [2.45, 2.75) is 13.0 Å². The van der Waals surface area contributed by atoms with Crippen LogP contribution in [0.4, 0.5) is 0 Å². The van der Waals surface area contributed by atoms with Gasteiger partial charge in [-0.1, -0.05) is 23.7 Å². The molecule has 0 saturated carbocycles. The van der Waals surface area contributed by atoms with Gasteiger partial charge in [-0.05, 0) is 24.3 Å². The summed E-state index contributed by atoms with van der Waals surface area (Å²) in [6.45, 7) is 0.498. The molecule has 2 heterocycles. The first kappa shape index (κ1) is 12.8. The fourth-order valence-corrected chi connectivity index (χ4v) is 2.32. The molecule has 0 fully saturated rings. The lowest BCUT2D eigenvalue weighted by Crippen LogP contribution is -2.23. The monoisotopic (exact) mass is 285 g/mol. The van der Waals surface area contributed by atoms with Gasteiger partial charge in [-0.2, -0.15) is 5.10 Å². The molecule has 1 aromatic carbocycles. The van der Waals surface area contributed by atoms with E-state index in [-0.39, 0.29) is 5.56 Å². The minimum Gasteiger partial charge on any atom is -0.267 e. The smallest absolute Gasteiger partial charge is 0.267 e. The lowest BCUT2D eigenvalue weighted by atomic mass is 10.2. The van der Waals surface area contributed by atoms with Crippen LogP contribution in [-0.2, 0) is 13.0 Å². The molecule has 20 heavy (non-hydrogen) atoms. The molecule has 0 aliphatic carbocycles. The zero-order valence-corrected chi connectivity index (χ0v) is 11.4. The molecular formula is C15H12ClN3O. The standard InChI is InChI=1S/C15H12ClN3O/c16-14-6-3-5-12-13(14)10-18-19(15(12)20)9-7-11-4-1-2-8-17-11/h1-6,8,10H,7,9H2. The Morgan fingerprint density at radius 2 is 2.00 bits per heavy atom. The molecule has 0 N–H and O–H groups in total. The molecule has 0 atom stereocenters. The quantitative estimate of drug-likeness (QED) is 0.743. The average Bonchev–Trinajstić information content (AvgIpc) is 2.48. The summed E-state index contributed by atoms with van der Waals surface area (Å²) < 4.78 is 1.45. The molecule has 0 radical (unpaired) electrons. The molecule has 0 aliphatic rings.